The smallest absolute Gasteiger partial charge is 0.270 e. The number of hydrogen-bond donors (Lipinski definition) is 0. The Balaban J connectivity index is 1.54. The molecule has 28 heavy (non-hydrogen) atoms. The molecule has 3 aromatic rings. The van der Waals surface area contributed by atoms with E-state index in [-0.39, 0.29) is 5.91 Å². The van der Waals surface area contributed by atoms with E-state index >= 15 is 0 Å². The molecule has 1 amide bonds. The second-order valence-electron chi connectivity index (χ2n) is 5.98. The van der Waals surface area contributed by atoms with Gasteiger partial charge in [-0.05, 0) is 60.2 Å². The Morgan fingerprint density at radius 2 is 1.64 bits per heavy atom. The SMILES string of the molecule is O=C1/C(=C/c2cccc(Br)c2)SC(=S)N1c1ccc(Oc2ccccc2)cc1. The second kappa shape index (κ2) is 8.31. The quantitative estimate of drug-likeness (QED) is 0.317. The third kappa shape index (κ3) is 4.19. The number of thiocarbonyl (C=S) groups is 1. The Morgan fingerprint density at radius 1 is 0.929 bits per heavy atom. The number of carbonyl (C=O) groups is 1. The third-order valence-corrected chi connectivity index (χ3v) is 5.81. The molecule has 0 aliphatic carbocycles. The predicted octanol–water partition coefficient (Wildman–Crippen LogP) is 6.65. The molecule has 3 nitrogen and oxygen atoms in total. The number of amides is 1. The topological polar surface area (TPSA) is 29.5 Å². The molecule has 138 valence electrons. The first-order chi connectivity index (χ1) is 13.6. The molecule has 3 aromatic carbocycles. The summed E-state index contributed by atoms with van der Waals surface area (Å²) in [5.74, 6) is 1.34. The van der Waals surface area contributed by atoms with Crippen LogP contribution in [-0.4, -0.2) is 10.2 Å². The molecular weight excluding hydrogens is 454 g/mol. The normalized spacial score (nSPS) is 15.3. The highest BCUT2D eigenvalue weighted by atomic mass is 79.9. The van der Waals surface area contributed by atoms with Crippen LogP contribution in [-0.2, 0) is 4.79 Å². The highest BCUT2D eigenvalue weighted by Gasteiger charge is 2.33. The summed E-state index contributed by atoms with van der Waals surface area (Å²) in [7, 11) is 0. The van der Waals surface area contributed by atoms with E-state index < -0.39 is 0 Å². The summed E-state index contributed by atoms with van der Waals surface area (Å²) in [5, 5.41) is 0. The van der Waals surface area contributed by atoms with E-state index in [0.29, 0.717) is 15.0 Å². The molecular formula is C22H14BrNO2S2. The lowest BCUT2D eigenvalue weighted by Gasteiger charge is -2.15. The van der Waals surface area contributed by atoms with Gasteiger partial charge in [0, 0.05) is 4.47 Å². The fourth-order valence-corrected chi connectivity index (χ4v) is 4.44. The Bertz CT molecular complexity index is 1070. The van der Waals surface area contributed by atoms with Crippen LogP contribution in [0.1, 0.15) is 5.56 Å². The molecule has 1 fully saturated rings. The summed E-state index contributed by atoms with van der Waals surface area (Å²) >= 11 is 10.2. The molecule has 0 atom stereocenters. The molecule has 0 unspecified atom stereocenters. The average Bonchev–Trinajstić information content (AvgIpc) is 2.97. The molecule has 0 saturated carbocycles. The van der Waals surface area contributed by atoms with Crippen LogP contribution in [0.4, 0.5) is 5.69 Å². The summed E-state index contributed by atoms with van der Waals surface area (Å²) in [5.41, 5.74) is 1.67. The van der Waals surface area contributed by atoms with Crippen LogP contribution in [0.2, 0.25) is 0 Å². The largest absolute Gasteiger partial charge is 0.457 e. The summed E-state index contributed by atoms with van der Waals surface area (Å²) < 4.78 is 7.28. The minimum atomic E-state index is -0.119. The van der Waals surface area contributed by atoms with E-state index in [1.807, 2.05) is 84.9 Å². The fourth-order valence-electron chi connectivity index (χ4n) is 2.73. The van der Waals surface area contributed by atoms with Crippen LogP contribution < -0.4 is 9.64 Å². The van der Waals surface area contributed by atoms with Gasteiger partial charge < -0.3 is 4.74 Å². The molecule has 0 N–H and O–H groups in total. The van der Waals surface area contributed by atoms with Gasteiger partial charge in [0.1, 0.15) is 11.5 Å². The Hall–Kier alpha value is -2.41. The first kappa shape index (κ1) is 18.9. The molecule has 0 aromatic heterocycles. The van der Waals surface area contributed by atoms with Crippen molar-refractivity contribution in [1.29, 1.82) is 0 Å². The highest BCUT2D eigenvalue weighted by molar-refractivity contribution is 9.10. The number of benzene rings is 3. The van der Waals surface area contributed by atoms with Crippen LogP contribution in [0, 0.1) is 0 Å². The van der Waals surface area contributed by atoms with Crippen molar-refractivity contribution in [3.63, 3.8) is 0 Å². The molecule has 0 spiro atoms. The number of nitrogens with zero attached hydrogens (tertiary/aromatic N) is 1. The number of ether oxygens (including phenoxy) is 1. The number of anilines is 1. The Kier molecular flexibility index (Phi) is 5.62. The number of para-hydroxylation sites is 1. The minimum Gasteiger partial charge on any atom is -0.457 e. The zero-order chi connectivity index (χ0) is 19.5. The lowest BCUT2D eigenvalue weighted by atomic mass is 10.2. The maximum absolute atomic E-state index is 12.9. The lowest BCUT2D eigenvalue weighted by molar-refractivity contribution is -0.113. The van der Waals surface area contributed by atoms with E-state index in [1.165, 1.54) is 11.8 Å². The van der Waals surface area contributed by atoms with Gasteiger partial charge in [-0.15, -0.1) is 0 Å². The summed E-state index contributed by atoms with van der Waals surface area (Å²) in [6, 6.07) is 24.7. The molecule has 4 rings (SSSR count). The van der Waals surface area contributed by atoms with Gasteiger partial charge in [0.05, 0.1) is 10.6 Å². The minimum absolute atomic E-state index is 0.119. The van der Waals surface area contributed by atoms with E-state index in [1.54, 1.807) is 4.90 Å². The summed E-state index contributed by atoms with van der Waals surface area (Å²) in [6.07, 6.45) is 1.86. The van der Waals surface area contributed by atoms with Gasteiger partial charge in [0.15, 0.2) is 4.32 Å². The lowest BCUT2D eigenvalue weighted by Crippen LogP contribution is -2.27. The molecule has 6 heteroatoms. The number of thioether (sulfide) groups is 1. The van der Waals surface area contributed by atoms with Gasteiger partial charge in [-0.2, -0.15) is 0 Å². The average molecular weight is 468 g/mol. The second-order valence-corrected chi connectivity index (χ2v) is 8.57. The van der Waals surface area contributed by atoms with Gasteiger partial charge in [-0.1, -0.05) is 70.2 Å². The molecule has 1 aliphatic heterocycles. The first-order valence-electron chi connectivity index (χ1n) is 8.47. The third-order valence-electron chi connectivity index (χ3n) is 4.01. The molecule has 1 saturated heterocycles. The van der Waals surface area contributed by atoms with Crippen LogP contribution in [0.5, 0.6) is 11.5 Å². The molecule has 0 bridgehead atoms. The van der Waals surface area contributed by atoms with Crippen LogP contribution in [0.25, 0.3) is 6.08 Å². The van der Waals surface area contributed by atoms with E-state index in [9.17, 15) is 4.79 Å². The number of rotatable bonds is 4. The molecule has 1 heterocycles. The standard InChI is InChI=1S/C22H14BrNO2S2/c23-16-6-4-5-15(13-16)14-20-21(25)24(22(27)28-20)17-9-11-19(12-10-17)26-18-7-2-1-3-8-18/h1-14H/b20-14-. The van der Waals surface area contributed by atoms with Crippen molar-refractivity contribution in [2.75, 3.05) is 4.90 Å². The van der Waals surface area contributed by atoms with Gasteiger partial charge in [0.25, 0.3) is 5.91 Å². The van der Waals surface area contributed by atoms with Crippen molar-refractivity contribution < 1.29 is 9.53 Å². The van der Waals surface area contributed by atoms with Crippen molar-refractivity contribution in [3.05, 3.63) is 93.8 Å². The Morgan fingerprint density at radius 3 is 2.36 bits per heavy atom. The van der Waals surface area contributed by atoms with Gasteiger partial charge >= 0.3 is 0 Å². The van der Waals surface area contributed by atoms with Crippen molar-refractivity contribution in [2.45, 2.75) is 0 Å². The number of halogens is 1. The van der Waals surface area contributed by atoms with Gasteiger partial charge in [-0.25, -0.2) is 0 Å². The maximum Gasteiger partial charge on any atom is 0.270 e. The molecule has 1 aliphatic rings. The predicted molar refractivity (Wildman–Crippen MR) is 123 cm³/mol. The molecule has 0 radical (unpaired) electrons. The maximum atomic E-state index is 12.9. The van der Waals surface area contributed by atoms with E-state index in [4.69, 9.17) is 17.0 Å². The van der Waals surface area contributed by atoms with Crippen molar-refractivity contribution >= 4 is 61.9 Å². The zero-order valence-electron chi connectivity index (χ0n) is 14.5. The van der Waals surface area contributed by atoms with Crippen LogP contribution >= 0.6 is 39.9 Å². The van der Waals surface area contributed by atoms with E-state index in [2.05, 4.69) is 15.9 Å². The summed E-state index contributed by atoms with van der Waals surface area (Å²) in [6.45, 7) is 0. The van der Waals surface area contributed by atoms with Crippen LogP contribution in [0.15, 0.2) is 88.2 Å². The first-order valence-corrected chi connectivity index (χ1v) is 10.5. The van der Waals surface area contributed by atoms with E-state index in [0.717, 1.165) is 21.5 Å². The number of hydrogen-bond acceptors (Lipinski definition) is 4. The van der Waals surface area contributed by atoms with Crippen molar-refractivity contribution in [2.24, 2.45) is 0 Å². The Labute approximate surface area is 181 Å². The van der Waals surface area contributed by atoms with Crippen LogP contribution in [0.3, 0.4) is 0 Å². The van der Waals surface area contributed by atoms with Crippen molar-refractivity contribution in [3.8, 4) is 11.5 Å². The summed E-state index contributed by atoms with van der Waals surface area (Å²) in [4.78, 5) is 15.0. The van der Waals surface area contributed by atoms with Crippen molar-refractivity contribution in [1.82, 2.24) is 0 Å². The number of carbonyl (C=O) groups excluding carboxylic acids is 1. The van der Waals surface area contributed by atoms with Gasteiger partial charge in [-0.3, -0.25) is 9.69 Å². The van der Waals surface area contributed by atoms with Gasteiger partial charge in [0.2, 0.25) is 0 Å². The zero-order valence-corrected chi connectivity index (χ0v) is 17.8. The monoisotopic (exact) mass is 467 g/mol. The highest BCUT2D eigenvalue weighted by Crippen LogP contribution is 2.37. The fraction of sp³-hybridized carbons (Fsp3) is 0.